The quantitative estimate of drug-likeness (QED) is 0.564. The van der Waals surface area contributed by atoms with Gasteiger partial charge in [0.2, 0.25) is 10.0 Å². The van der Waals surface area contributed by atoms with Crippen LogP contribution in [0, 0.1) is 0 Å². The van der Waals surface area contributed by atoms with Crippen molar-refractivity contribution in [3.8, 4) is 5.75 Å². The van der Waals surface area contributed by atoms with Gasteiger partial charge in [-0.1, -0.05) is 18.2 Å². The van der Waals surface area contributed by atoms with E-state index in [4.69, 9.17) is 10.5 Å². The third-order valence-corrected chi connectivity index (χ3v) is 5.55. The van der Waals surface area contributed by atoms with Crippen molar-refractivity contribution < 1.29 is 13.2 Å². The van der Waals surface area contributed by atoms with Gasteiger partial charge in [0.25, 0.3) is 0 Å². The SMILES string of the molecule is COc1ccc(CNS(=O)(=O)Cc2ccc3[nH]cc(CCN)c3c2)cc1. The number of rotatable bonds is 8. The lowest BCUT2D eigenvalue weighted by molar-refractivity contribution is 0.414. The minimum absolute atomic E-state index is 0.0632. The largest absolute Gasteiger partial charge is 0.497 e. The maximum atomic E-state index is 12.4. The van der Waals surface area contributed by atoms with Gasteiger partial charge in [0.15, 0.2) is 0 Å². The van der Waals surface area contributed by atoms with Crippen LogP contribution in [0.2, 0.25) is 0 Å². The molecule has 0 spiro atoms. The number of nitrogens with one attached hydrogen (secondary N) is 2. The fourth-order valence-electron chi connectivity index (χ4n) is 2.88. The second kappa shape index (κ2) is 7.90. The Kier molecular flexibility index (Phi) is 5.61. The number of nitrogens with two attached hydrogens (primary N) is 1. The van der Waals surface area contributed by atoms with Crippen LogP contribution in [0.1, 0.15) is 16.7 Å². The summed E-state index contributed by atoms with van der Waals surface area (Å²) in [6.45, 7) is 0.802. The average Bonchev–Trinajstić information content (AvgIpc) is 3.03. The molecular formula is C19H23N3O3S. The summed E-state index contributed by atoms with van der Waals surface area (Å²) < 4.78 is 32.6. The number of aromatic amines is 1. The van der Waals surface area contributed by atoms with Gasteiger partial charge in [0.1, 0.15) is 5.75 Å². The Morgan fingerprint density at radius 1 is 1.12 bits per heavy atom. The summed E-state index contributed by atoms with van der Waals surface area (Å²) in [5.41, 5.74) is 9.35. The number of hydrogen-bond donors (Lipinski definition) is 3. The fraction of sp³-hybridized carbons (Fsp3) is 0.263. The van der Waals surface area contributed by atoms with Gasteiger partial charge >= 0.3 is 0 Å². The van der Waals surface area contributed by atoms with E-state index in [1.54, 1.807) is 7.11 Å². The predicted octanol–water partition coefficient (Wildman–Crippen LogP) is 2.30. The highest BCUT2D eigenvalue weighted by Crippen LogP contribution is 2.21. The number of H-pyrrole nitrogens is 1. The van der Waals surface area contributed by atoms with Gasteiger partial charge in [-0.15, -0.1) is 0 Å². The summed E-state index contributed by atoms with van der Waals surface area (Å²) in [7, 11) is -1.85. The molecule has 7 heteroatoms. The highest BCUT2D eigenvalue weighted by molar-refractivity contribution is 7.88. The topological polar surface area (TPSA) is 97.2 Å². The summed E-state index contributed by atoms with van der Waals surface area (Å²) in [6, 6.07) is 13.0. The highest BCUT2D eigenvalue weighted by Gasteiger charge is 2.13. The number of sulfonamides is 1. The van der Waals surface area contributed by atoms with Crippen LogP contribution in [0.3, 0.4) is 0 Å². The van der Waals surface area contributed by atoms with Crippen molar-refractivity contribution in [3.05, 3.63) is 65.4 Å². The molecule has 4 N–H and O–H groups in total. The van der Waals surface area contributed by atoms with Crippen LogP contribution in [-0.4, -0.2) is 27.1 Å². The van der Waals surface area contributed by atoms with Crippen LogP contribution in [0.4, 0.5) is 0 Å². The van der Waals surface area contributed by atoms with Crippen LogP contribution < -0.4 is 15.2 Å². The molecule has 26 heavy (non-hydrogen) atoms. The van der Waals surface area contributed by atoms with E-state index in [0.717, 1.165) is 39.8 Å². The lowest BCUT2D eigenvalue weighted by Gasteiger charge is -2.08. The maximum absolute atomic E-state index is 12.4. The third kappa shape index (κ3) is 4.43. The molecule has 0 bridgehead atoms. The van der Waals surface area contributed by atoms with E-state index in [0.29, 0.717) is 6.54 Å². The van der Waals surface area contributed by atoms with E-state index in [9.17, 15) is 8.42 Å². The number of methoxy groups -OCH3 is 1. The molecule has 0 atom stereocenters. The molecule has 0 unspecified atom stereocenters. The Balaban J connectivity index is 1.69. The van der Waals surface area contributed by atoms with E-state index in [2.05, 4.69) is 9.71 Å². The summed E-state index contributed by atoms with van der Waals surface area (Å²) >= 11 is 0. The molecule has 1 aromatic heterocycles. The Morgan fingerprint density at radius 3 is 2.54 bits per heavy atom. The molecule has 6 nitrogen and oxygen atoms in total. The van der Waals surface area contributed by atoms with Gasteiger partial charge in [-0.05, 0) is 53.9 Å². The number of fused-ring (bicyclic) bond motifs is 1. The number of ether oxygens (including phenoxy) is 1. The van der Waals surface area contributed by atoms with E-state index in [-0.39, 0.29) is 12.3 Å². The van der Waals surface area contributed by atoms with Crippen LogP contribution in [0.25, 0.3) is 10.9 Å². The molecule has 3 rings (SSSR count). The molecular weight excluding hydrogens is 350 g/mol. The Hall–Kier alpha value is -2.35. The highest BCUT2D eigenvalue weighted by atomic mass is 32.2. The van der Waals surface area contributed by atoms with Crippen LogP contribution >= 0.6 is 0 Å². The normalized spacial score (nSPS) is 11.8. The predicted molar refractivity (Wildman–Crippen MR) is 104 cm³/mol. The monoisotopic (exact) mass is 373 g/mol. The van der Waals surface area contributed by atoms with Crippen LogP contribution in [0.15, 0.2) is 48.7 Å². The van der Waals surface area contributed by atoms with E-state index in [1.165, 1.54) is 0 Å². The van der Waals surface area contributed by atoms with Gasteiger partial charge in [-0.2, -0.15) is 0 Å². The van der Waals surface area contributed by atoms with E-state index in [1.807, 2.05) is 48.7 Å². The molecule has 0 saturated carbocycles. The first-order valence-electron chi connectivity index (χ1n) is 8.40. The lowest BCUT2D eigenvalue weighted by Crippen LogP contribution is -2.24. The van der Waals surface area contributed by atoms with Crippen LogP contribution in [0.5, 0.6) is 5.75 Å². The molecule has 0 aliphatic heterocycles. The van der Waals surface area contributed by atoms with Crippen molar-refractivity contribution in [3.63, 3.8) is 0 Å². The van der Waals surface area contributed by atoms with E-state index < -0.39 is 10.0 Å². The van der Waals surface area contributed by atoms with Gasteiger partial charge in [0.05, 0.1) is 12.9 Å². The van der Waals surface area contributed by atoms with Crippen molar-refractivity contribution in [1.29, 1.82) is 0 Å². The number of benzene rings is 2. The smallest absolute Gasteiger partial charge is 0.216 e. The fourth-order valence-corrected chi connectivity index (χ4v) is 3.99. The van der Waals surface area contributed by atoms with Crippen molar-refractivity contribution >= 4 is 20.9 Å². The zero-order chi connectivity index (χ0) is 18.6. The first-order chi connectivity index (χ1) is 12.5. The molecule has 0 aliphatic rings. The zero-order valence-corrected chi connectivity index (χ0v) is 15.5. The average molecular weight is 373 g/mol. The molecule has 3 aromatic rings. The van der Waals surface area contributed by atoms with Crippen LogP contribution in [-0.2, 0) is 28.7 Å². The first kappa shape index (κ1) is 18.4. The molecule has 0 amide bonds. The molecule has 0 fully saturated rings. The van der Waals surface area contributed by atoms with E-state index >= 15 is 0 Å². The third-order valence-electron chi connectivity index (χ3n) is 4.26. The van der Waals surface area contributed by atoms with Crippen molar-refractivity contribution in [2.24, 2.45) is 5.73 Å². The number of hydrogen-bond acceptors (Lipinski definition) is 4. The second-order valence-corrected chi connectivity index (χ2v) is 7.97. The molecule has 0 saturated heterocycles. The lowest BCUT2D eigenvalue weighted by atomic mass is 10.1. The van der Waals surface area contributed by atoms with Gasteiger partial charge in [-0.25, -0.2) is 13.1 Å². The molecule has 2 aromatic carbocycles. The van der Waals surface area contributed by atoms with Crippen molar-refractivity contribution in [2.45, 2.75) is 18.7 Å². The maximum Gasteiger partial charge on any atom is 0.216 e. The summed E-state index contributed by atoms with van der Waals surface area (Å²) in [4.78, 5) is 3.19. The second-order valence-electron chi connectivity index (χ2n) is 6.16. The molecule has 1 heterocycles. The Labute approximate surface area is 153 Å². The molecule has 0 radical (unpaired) electrons. The number of aromatic nitrogens is 1. The van der Waals surface area contributed by atoms with Crippen molar-refractivity contribution in [1.82, 2.24) is 9.71 Å². The van der Waals surface area contributed by atoms with Gasteiger partial charge in [-0.3, -0.25) is 0 Å². The minimum Gasteiger partial charge on any atom is -0.497 e. The summed E-state index contributed by atoms with van der Waals surface area (Å²) in [5.74, 6) is 0.677. The zero-order valence-electron chi connectivity index (χ0n) is 14.7. The minimum atomic E-state index is -3.44. The molecule has 0 aliphatic carbocycles. The standard InChI is InChI=1S/C19H23N3O3S/c1-25-17-5-2-14(3-6-17)11-22-26(23,24)13-15-4-7-19-18(10-15)16(8-9-20)12-21-19/h2-7,10,12,21-22H,8-9,11,13,20H2,1H3. The van der Waals surface area contributed by atoms with Gasteiger partial charge < -0.3 is 15.5 Å². The summed E-state index contributed by atoms with van der Waals surface area (Å²) in [5, 5.41) is 1.03. The first-order valence-corrected chi connectivity index (χ1v) is 10.0. The molecule has 138 valence electrons. The van der Waals surface area contributed by atoms with Crippen molar-refractivity contribution in [2.75, 3.05) is 13.7 Å². The summed E-state index contributed by atoms with van der Waals surface area (Å²) in [6.07, 6.45) is 2.68. The Morgan fingerprint density at radius 2 is 1.85 bits per heavy atom. The Bertz CT molecular complexity index is 979. The van der Waals surface area contributed by atoms with Gasteiger partial charge in [0, 0.05) is 23.6 Å².